The van der Waals surface area contributed by atoms with Crippen molar-refractivity contribution < 1.29 is 14.4 Å². The molecule has 0 radical (unpaired) electrons. The van der Waals surface area contributed by atoms with Crippen molar-refractivity contribution in [1.29, 1.82) is 0 Å². The lowest BCUT2D eigenvalue weighted by atomic mass is 9.94. The lowest BCUT2D eigenvalue weighted by Crippen LogP contribution is -2.15. The Morgan fingerprint density at radius 3 is 1.89 bits per heavy atom. The lowest BCUT2D eigenvalue weighted by molar-refractivity contribution is 0.371. The minimum absolute atomic E-state index is 0.0742. The molecule has 0 spiro atoms. The number of hydrogen-bond donors (Lipinski definition) is 3. The number of nitrogens with one attached hydrogen (secondary N) is 1. The first-order valence-corrected chi connectivity index (χ1v) is 10.8. The summed E-state index contributed by atoms with van der Waals surface area (Å²) in [6, 6.07) is 27.2. The minimum atomic E-state index is -3.89. The molecule has 0 aromatic heterocycles. The SMILES string of the molecule is O=P(O)(O)CCCNCc1ccc(-c2ccccc2-c2ccccc2)cc1. The molecule has 4 nitrogen and oxygen atoms in total. The van der Waals surface area contributed by atoms with Gasteiger partial charge in [0, 0.05) is 6.54 Å². The standard InChI is InChI=1S/C22H24NO3P/c24-27(25,26)16-6-15-23-17-18-11-13-20(14-12-18)22-10-5-4-9-21(22)19-7-2-1-3-8-19/h1-5,7-14,23H,6,15-17H2,(H2,24,25,26). The maximum Gasteiger partial charge on any atom is 0.325 e. The van der Waals surface area contributed by atoms with Crippen molar-refractivity contribution in [3.05, 3.63) is 84.4 Å². The summed E-state index contributed by atoms with van der Waals surface area (Å²) < 4.78 is 10.8. The van der Waals surface area contributed by atoms with Crippen LogP contribution in [0.5, 0.6) is 0 Å². The topological polar surface area (TPSA) is 69.6 Å². The van der Waals surface area contributed by atoms with Crippen LogP contribution in [-0.2, 0) is 11.1 Å². The molecule has 0 heterocycles. The Morgan fingerprint density at radius 2 is 1.30 bits per heavy atom. The molecule has 3 N–H and O–H groups in total. The highest BCUT2D eigenvalue weighted by Crippen LogP contribution is 2.34. The molecule has 0 amide bonds. The summed E-state index contributed by atoms with van der Waals surface area (Å²) in [6.45, 7) is 1.27. The highest BCUT2D eigenvalue weighted by atomic mass is 31.2. The molecule has 0 aliphatic rings. The van der Waals surface area contributed by atoms with Gasteiger partial charge in [-0.15, -0.1) is 0 Å². The van der Waals surface area contributed by atoms with Gasteiger partial charge in [-0.2, -0.15) is 0 Å². The number of rotatable bonds is 8. The summed E-state index contributed by atoms with van der Waals surface area (Å²) in [7, 11) is -3.89. The van der Waals surface area contributed by atoms with Crippen LogP contribution in [0.4, 0.5) is 0 Å². The average Bonchev–Trinajstić information content (AvgIpc) is 2.68. The van der Waals surface area contributed by atoms with E-state index in [1.807, 2.05) is 18.2 Å². The highest BCUT2D eigenvalue weighted by Gasteiger charge is 2.11. The van der Waals surface area contributed by atoms with E-state index in [1.165, 1.54) is 22.3 Å². The van der Waals surface area contributed by atoms with Gasteiger partial charge in [-0.3, -0.25) is 4.57 Å². The van der Waals surface area contributed by atoms with Crippen molar-refractivity contribution in [3.8, 4) is 22.3 Å². The van der Waals surface area contributed by atoms with Gasteiger partial charge in [0.2, 0.25) is 0 Å². The number of benzene rings is 3. The quantitative estimate of drug-likeness (QED) is 0.391. The van der Waals surface area contributed by atoms with Gasteiger partial charge in [0.1, 0.15) is 0 Å². The molecule has 0 aliphatic carbocycles. The summed E-state index contributed by atoms with van der Waals surface area (Å²) in [4.78, 5) is 17.7. The molecule has 27 heavy (non-hydrogen) atoms. The molecule has 0 saturated heterocycles. The van der Waals surface area contributed by atoms with E-state index in [9.17, 15) is 4.57 Å². The molecule has 0 unspecified atom stereocenters. The molecular formula is C22H24NO3P. The fourth-order valence-corrected chi connectivity index (χ4v) is 3.62. The van der Waals surface area contributed by atoms with Crippen LogP contribution in [0.15, 0.2) is 78.9 Å². The fourth-order valence-electron chi connectivity index (χ4n) is 3.05. The van der Waals surface area contributed by atoms with Crippen LogP contribution in [0.3, 0.4) is 0 Å². The molecule has 140 valence electrons. The molecule has 0 aliphatic heterocycles. The molecule has 3 aromatic rings. The zero-order chi connectivity index (χ0) is 19.1. The molecule has 3 aromatic carbocycles. The van der Waals surface area contributed by atoms with Gasteiger partial charge >= 0.3 is 7.60 Å². The van der Waals surface area contributed by atoms with Gasteiger partial charge in [0.25, 0.3) is 0 Å². The Balaban J connectivity index is 1.65. The van der Waals surface area contributed by atoms with Crippen molar-refractivity contribution in [2.24, 2.45) is 0 Å². The Morgan fingerprint density at radius 1 is 0.741 bits per heavy atom. The third-order valence-electron chi connectivity index (χ3n) is 4.41. The average molecular weight is 381 g/mol. The van der Waals surface area contributed by atoms with Crippen molar-refractivity contribution in [2.75, 3.05) is 12.7 Å². The summed E-state index contributed by atoms with van der Waals surface area (Å²) in [5, 5.41) is 3.23. The summed E-state index contributed by atoms with van der Waals surface area (Å²) in [5.74, 6) is 0. The van der Waals surface area contributed by atoms with Crippen LogP contribution >= 0.6 is 7.60 Å². The van der Waals surface area contributed by atoms with E-state index in [0.29, 0.717) is 19.5 Å². The predicted molar refractivity (Wildman–Crippen MR) is 111 cm³/mol. The molecule has 0 saturated carbocycles. The van der Waals surface area contributed by atoms with Gasteiger partial charge in [-0.05, 0) is 40.8 Å². The van der Waals surface area contributed by atoms with Crippen molar-refractivity contribution in [1.82, 2.24) is 5.32 Å². The van der Waals surface area contributed by atoms with E-state index in [2.05, 4.69) is 66.0 Å². The van der Waals surface area contributed by atoms with Crippen molar-refractivity contribution in [2.45, 2.75) is 13.0 Å². The van der Waals surface area contributed by atoms with Gasteiger partial charge < -0.3 is 15.1 Å². The second-order valence-electron chi connectivity index (χ2n) is 6.53. The van der Waals surface area contributed by atoms with E-state index in [0.717, 1.165) is 5.56 Å². The Kier molecular flexibility index (Phi) is 6.59. The highest BCUT2D eigenvalue weighted by molar-refractivity contribution is 7.51. The van der Waals surface area contributed by atoms with Gasteiger partial charge in [-0.25, -0.2) is 0 Å². The molecule has 3 rings (SSSR count). The molecule has 5 heteroatoms. The zero-order valence-corrected chi connectivity index (χ0v) is 16.0. The van der Waals surface area contributed by atoms with Crippen LogP contribution in [0.25, 0.3) is 22.3 Å². The first-order chi connectivity index (χ1) is 13.0. The van der Waals surface area contributed by atoms with Crippen LogP contribution in [0.2, 0.25) is 0 Å². The van der Waals surface area contributed by atoms with Crippen LogP contribution < -0.4 is 5.32 Å². The zero-order valence-electron chi connectivity index (χ0n) is 15.1. The van der Waals surface area contributed by atoms with Crippen LogP contribution in [0.1, 0.15) is 12.0 Å². The molecular weight excluding hydrogens is 357 g/mol. The van der Waals surface area contributed by atoms with E-state index in [1.54, 1.807) is 0 Å². The smallest absolute Gasteiger partial charge is 0.324 e. The van der Waals surface area contributed by atoms with Crippen LogP contribution in [0, 0.1) is 0 Å². The third kappa shape index (κ3) is 5.88. The Bertz CT molecular complexity index is 904. The Labute approximate surface area is 160 Å². The first-order valence-electron chi connectivity index (χ1n) is 9.02. The van der Waals surface area contributed by atoms with Crippen molar-refractivity contribution >= 4 is 7.60 Å². The normalized spacial score (nSPS) is 11.5. The summed E-state index contributed by atoms with van der Waals surface area (Å²) in [6.07, 6.45) is 0.391. The Hall–Kier alpha value is -2.23. The monoisotopic (exact) mass is 381 g/mol. The van der Waals surface area contributed by atoms with Gasteiger partial charge in [0.15, 0.2) is 0 Å². The third-order valence-corrected chi connectivity index (χ3v) is 5.31. The van der Waals surface area contributed by atoms with E-state index >= 15 is 0 Å². The molecule has 0 bridgehead atoms. The maximum atomic E-state index is 10.8. The first kappa shape index (κ1) is 19.5. The maximum absolute atomic E-state index is 10.8. The number of hydrogen-bond acceptors (Lipinski definition) is 2. The predicted octanol–water partition coefficient (Wildman–Crippen LogP) is 4.68. The van der Waals surface area contributed by atoms with E-state index < -0.39 is 7.60 Å². The van der Waals surface area contributed by atoms with Crippen LogP contribution in [-0.4, -0.2) is 22.5 Å². The molecule has 0 fully saturated rings. The van der Waals surface area contributed by atoms with Crippen molar-refractivity contribution in [3.63, 3.8) is 0 Å². The second-order valence-corrected chi connectivity index (χ2v) is 8.30. The molecule has 0 atom stereocenters. The largest absolute Gasteiger partial charge is 0.325 e. The van der Waals surface area contributed by atoms with Gasteiger partial charge in [0.05, 0.1) is 6.16 Å². The lowest BCUT2D eigenvalue weighted by Gasteiger charge is -2.11. The second kappa shape index (κ2) is 9.12. The fraction of sp³-hybridized carbons (Fsp3) is 0.182. The minimum Gasteiger partial charge on any atom is -0.324 e. The van der Waals surface area contributed by atoms with E-state index in [-0.39, 0.29) is 6.16 Å². The van der Waals surface area contributed by atoms with Gasteiger partial charge in [-0.1, -0.05) is 78.9 Å². The summed E-state index contributed by atoms with van der Waals surface area (Å²) >= 11 is 0. The van der Waals surface area contributed by atoms with E-state index in [4.69, 9.17) is 9.79 Å². The summed E-state index contributed by atoms with van der Waals surface area (Å²) in [5.41, 5.74) is 5.92.